The molecule has 0 aliphatic heterocycles. The van der Waals surface area contributed by atoms with Crippen LogP contribution < -0.4 is 10.1 Å². The third-order valence-corrected chi connectivity index (χ3v) is 2.78. The van der Waals surface area contributed by atoms with E-state index >= 15 is 0 Å². The number of likely N-dealkylation sites (N-methyl/N-ethyl adjacent to an activating group) is 1. The highest BCUT2D eigenvalue weighted by Gasteiger charge is 2.20. The molecule has 1 aromatic rings. The molecule has 0 aromatic heterocycles. The molecule has 0 radical (unpaired) electrons. The van der Waals surface area contributed by atoms with Crippen LogP contribution in [0.5, 0.6) is 5.75 Å². The van der Waals surface area contributed by atoms with Gasteiger partial charge < -0.3 is 15.2 Å². The number of methoxy groups -OCH3 is 1. The van der Waals surface area contributed by atoms with E-state index in [-0.39, 0.29) is 6.04 Å². The van der Waals surface area contributed by atoms with E-state index in [1.807, 2.05) is 20.9 Å². The van der Waals surface area contributed by atoms with E-state index in [0.717, 1.165) is 16.9 Å². The largest absolute Gasteiger partial charge is 0.496 e. The fourth-order valence-electron chi connectivity index (χ4n) is 2.15. The summed E-state index contributed by atoms with van der Waals surface area (Å²) in [6, 6.07) is 4.03. The standard InChI is InChI=1S/C13H21NO2/c1-8-6-9(2)13(16-5)11(7-8)12(14-4)10(3)15/h6-7,10,12,14-15H,1-5H3. The normalized spacial score (nSPS) is 14.6. The summed E-state index contributed by atoms with van der Waals surface area (Å²) in [6.45, 7) is 5.84. The first-order valence-corrected chi connectivity index (χ1v) is 5.51. The first-order valence-electron chi connectivity index (χ1n) is 5.51. The summed E-state index contributed by atoms with van der Waals surface area (Å²) in [5, 5.41) is 12.9. The van der Waals surface area contributed by atoms with Crippen LogP contribution >= 0.6 is 0 Å². The molecule has 1 aromatic carbocycles. The van der Waals surface area contributed by atoms with Gasteiger partial charge in [-0.2, -0.15) is 0 Å². The van der Waals surface area contributed by atoms with E-state index in [2.05, 4.69) is 17.4 Å². The Morgan fingerprint density at radius 1 is 1.31 bits per heavy atom. The molecule has 2 unspecified atom stereocenters. The molecule has 0 saturated heterocycles. The van der Waals surface area contributed by atoms with Crippen LogP contribution in [-0.2, 0) is 0 Å². The lowest BCUT2D eigenvalue weighted by Gasteiger charge is -2.23. The number of aliphatic hydroxyl groups excluding tert-OH is 1. The summed E-state index contributed by atoms with van der Waals surface area (Å²) < 4.78 is 5.41. The quantitative estimate of drug-likeness (QED) is 0.820. The van der Waals surface area contributed by atoms with E-state index in [4.69, 9.17) is 4.74 Å². The molecule has 0 spiro atoms. The van der Waals surface area contributed by atoms with E-state index in [1.54, 1.807) is 14.0 Å². The van der Waals surface area contributed by atoms with Gasteiger partial charge in [-0.1, -0.05) is 17.7 Å². The number of hydrogen-bond donors (Lipinski definition) is 2. The van der Waals surface area contributed by atoms with Crippen molar-refractivity contribution in [3.63, 3.8) is 0 Å². The molecular formula is C13H21NO2. The minimum absolute atomic E-state index is 0.103. The molecule has 2 atom stereocenters. The maximum Gasteiger partial charge on any atom is 0.126 e. The predicted molar refractivity (Wildman–Crippen MR) is 65.9 cm³/mol. The summed E-state index contributed by atoms with van der Waals surface area (Å²) >= 11 is 0. The molecule has 0 fully saturated rings. The van der Waals surface area contributed by atoms with Gasteiger partial charge in [0.05, 0.1) is 19.3 Å². The Morgan fingerprint density at radius 3 is 2.38 bits per heavy atom. The van der Waals surface area contributed by atoms with Crippen molar-refractivity contribution in [3.8, 4) is 5.75 Å². The van der Waals surface area contributed by atoms with Crippen molar-refractivity contribution < 1.29 is 9.84 Å². The lowest BCUT2D eigenvalue weighted by Crippen LogP contribution is -2.27. The monoisotopic (exact) mass is 223 g/mol. The van der Waals surface area contributed by atoms with Crippen LogP contribution in [0.4, 0.5) is 0 Å². The van der Waals surface area contributed by atoms with Gasteiger partial charge in [0.15, 0.2) is 0 Å². The Bertz CT molecular complexity index is 361. The highest BCUT2D eigenvalue weighted by atomic mass is 16.5. The number of ether oxygens (including phenoxy) is 1. The van der Waals surface area contributed by atoms with Crippen LogP contribution in [-0.4, -0.2) is 25.4 Å². The summed E-state index contributed by atoms with van der Waals surface area (Å²) in [4.78, 5) is 0. The fourth-order valence-corrected chi connectivity index (χ4v) is 2.15. The number of benzene rings is 1. The molecule has 2 N–H and O–H groups in total. The van der Waals surface area contributed by atoms with Crippen molar-refractivity contribution in [3.05, 3.63) is 28.8 Å². The van der Waals surface area contributed by atoms with Gasteiger partial charge >= 0.3 is 0 Å². The third-order valence-electron chi connectivity index (χ3n) is 2.78. The molecule has 0 aliphatic rings. The molecule has 1 rings (SSSR count). The summed E-state index contributed by atoms with van der Waals surface area (Å²) in [7, 11) is 3.50. The summed E-state index contributed by atoms with van der Waals surface area (Å²) in [5.74, 6) is 0.853. The predicted octanol–water partition coefficient (Wildman–Crippen LogP) is 1.95. The van der Waals surface area contributed by atoms with Crippen molar-refractivity contribution in [2.45, 2.75) is 32.9 Å². The zero-order valence-electron chi connectivity index (χ0n) is 10.7. The molecule has 3 heteroatoms. The smallest absolute Gasteiger partial charge is 0.126 e. The minimum atomic E-state index is -0.458. The van der Waals surface area contributed by atoms with Crippen LogP contribution in [0.25, 0.3) is 0 Å². The number of nitrogens with one attached hydrogen (secondary N) is 1. The first kappa shape index (κ1) is 13.0. The van der Waals surface area contributed by atoms with Crippen LogP contribution in [0.1, 0.15) is 29.7 Å². The van der Waals surface area contributed by atoms with Gasteiger partial charge in [-0.25, -0.2) is 0 Å². The van der Waals surface area contributed by atoms with Gasteiger partial charge in [-0.05, 0) is 33.4 Å². The van der Waals surface area contributed by atoms with Crippen LogP contribution in [0.2, 0.25) is 0 Å². The maximum absolute atomic E-state index is 9.75. The second-order valence-electron chi connectivity index (χ2n) is 4.21. The van der Waals surface area contributed by atoms with Crippen molar-refractivity contribution in [1.29, 1.82) is 0 Å². The maximum atomic E-state index is 9.75. The molecule has 3 nitrogen and oxygen atoms in total. The second kappa shape index (κ2) is 5.32. The van der Waals surface area contributed by atoms with Crippen molar-refractivity contribution in [1.82, 2.24) is 5.32 Å². The van der Waals surface area contributed by atoms with E-state index in [0.29, 0.717) is 0 Å². The molecular weight excluding hydrogens is 202 g/mol. The van der Waals surface area contributed by atoms with Crippen LogP contribution in [0, 0.1) is 13.8 Å². The zero-order chi connectivity index (χ0) is 12.3. The first-order chi connectivity index (χ1) is 7.51. The Labute approximate surface area is 97.4 Å². The van der Waals surface area contributed by atoms with Gasteiger partial charge in [0.25, 0.3) is 0 Å². The molecule has 16 heavy (non-hydrogen) atoms. The van der Waals surface area contributed by atoms with Crippen molar-refractivity contribution >= 4 is 0 Å². The summed E-state index contributed by atoms with van der Waals surface area (Å²) in [5.41, 5.74) is 3.28. The zero-order valence-corrected chi connectivity index (χ0v) is 10.7. The lowest BCUT2D eigenvalue weighted by atomic mass is 9.96. The Balaban J connectivity index is 3.29. The Hall–Kier alpha value is -1.06. The Morgan fingerprint density at radius 2 is 1.94 bits per heavy atom. The molecule has 0 heterocycles. The number of aliphatic hydroxyl groups is 1. The van der Waals surface area contributed by atoms with Crippen molar-refractivity contribution in [2.75, 3.05) is 14.2 Å². The number of hydrogen-bond acceptors (Lipinski definition) is 3. The highest BCUT2D eigenvalue weighted by Crippen LogP contribution is 2.31. The molecule has 0 amide bonds. The van der Waals surface area contributed by atoms with E-state index in [9.17, 15) is 5.11 Å². The Kier molecular flexibility index (Phi) is 4.33. The average molecular weight is 223 g/mol. The van der Waals surface area contributed by atoms with Crippen LogP contribution in [0.15, 0.2) is 12.1 Å². The number of rotatable bonds is 4. The van der Waals surface area contributed by atoms with Gasteiger partial charge in [0.2, 0.25) is 0 Å². The SMILES string of the molecule is CNC(c1cc(C)cc(C)c1OC)C(C)O. The minimum Gasteiger partial charge on any atom is -0.496 e. The second-order valence-corrected chi connectivity index (χ2v) is 4.21. The van der Waals surface area contributed by atoms with E-state index in [1.165, 1.54) is 5.56 Å². The third kappa shape index (κ3) is 2.54. The van der Waals surface area contributed by atoms with E-state index < -0.39 is 6.10 Å². The van der Waals surface area contributed by atoms with Crippen molar-refractivity contribution in [2.24, 2.45) is 0 Å². The molecule has 90 valence electrons. The topological polar surface area (TPSA) is 41.5 Å². The highest BCUT2D eigenvalue weighted by molar-refractivity contribution is 5.45. The number of aryl methyl sites for hydroxylation is 2. The lowest BCUT2D eigenvalue weighted by molar-refractivity contribution is 0.148. The van der Waals surface area contributed by atoms with Gasteiger partial charge in [0.1, 0.15) is 5.75 Å². The molecule has 0 aliphatic carbocycles. The van der Waals surface area contributed by atoms with Crippen LogP contribution in [0.3, 0.4) is 0 Å². The summed E-state index contributed by atoms with van der Waals surface area (Å²) in [6.07, 6.45) is -0.458. The van der Waals surface area contributed by atoms with Gasteiger partial charge in [0, 0.05) is 5.56 Å². The van der Waals surface area contributed by atoms with Gasteiger partial charge in [-0.15, -0.1) is 0 Å². The van der Waals surface area contributed by atoms with Gasteiger partial charge in [-0.3, -0.25) is 0 Å². The average Bonchev–Trinajstić information content (AvgIpc) is 2.17. The molecule has 0 bridgehead atoms. The molecule has 0 saturated carbocycles. The fraction of sp³-hybridized carbons (Fsp3) is 0.538.